The monoisotopic (exact) mass is 269 g/mol. The average molecular weight is 269 g/mol. The number of aromatic nitrogens is 1. The van der Waals surface area contributed by atoms with Crippen LogP contribution in [-0.4, -0.2) is 37.7 Å². The number of hydrogen-bond acceptors (Lipinski definition) is 5. The van der Waals surface area contributed by atoms with Crippen molar-refractivity contribution < 1.29 is 27.4 Å². The second kappa shape index (κ2) is 6.08. The maximum Gasteiger partial charge on any atom is 0.443 e. The van der Waals surface area contributed by atoms with Crippen molar-refractivity contribution >= 4 is 17.1 Å². The molecule has 0 aliphatic rings. The molecule has 0 aromatic carbocycles. The van der Waals surface area contributed by atoms with Gasteiger partial charge in [-0.25, -0.2) is 4.98 Å². The molecular formula is C9H10F3NO3S. The molecule has 0 spiro atoms. The molecule has 0 aliphatic heterocycles. The minimum Gasteiger partial charge on any atom is -0.382 e. The average Bonchev–Trinajstić information content (AvgIpc) is 2.72. The number of alkyl halides is 3. The van der Waals surface area contributed by atoms with Crippen LogP contribution in [0.3, 0.4) is 0 Å². The molecule has 0 saturated heterocycles. The molecule has 4 nitrogen and oxygen atoms in total. The van der Waals surface area contributed by atoms with Crippen LogP contribution in [0.1, 0.15) is 14.7 Å². The van der Waals surface area contributed by atoms with Crippen LogP contribution in [-0.2, 0) is 15.7 Å². The van der Waals surface area contributed by atoms with Gasteiger partial charge in [0.15, 0.2) is 10.8 Å². The molecule has 0 unspecified atom stereocenters. The van der Waals surface area contributed by atoms with Crippen molar-refractivity contribution in [3.63, 3.8) is 0 Å². The van der Waals surface area contributed by atoms with E-state index in [1.54, 1.807) is 0 Å². The smallest absolute Gasteiger partial charge is 0.382 e. The molecule has 0 amide bonds. The SMILES string of the molecule is COCCOCC(=O)c1cnc(C(F)(F)F)s1. The third-order valence-electron chi connectivity index (χ3n) is 1.69. The molecule has 0 atom stereocenters. The highest BCUT2D eigenvalue weighted by Gasteiger charge is 2.35. The first kappa shape index (κ1) is 14.1. The van der Waals surface area contributed by atoms with E-state index in [1.807, 2.05) is 0 Å². The topological polar surface area (TPSA) is 48.4 Å². The molecule has 1 aromatic heterocycles. The van der Waals surface area contributed by atoms with Crippen molar-refractivity contribution in [2.45, 2.75) is 6.18 Å². The van der Waals surface area contributed by atoms with Crippen molar-refractivity contribution in [2.75, 3.05) is 26.9 Å². The minimum atomic E-state index is -4.51. The van der Waals surface area contributed by atoms with E-state index in [1.165, 1.54) is 7.11 Å². The summed E-state index contributed by atoms with van der Waals surface area (Å²) in [4.78, 5) is 14.5. The minimum absolute atomic E-state index is 0.0604. The third-order valence-corrected chi connectivity index (χ3v) is 2.77. The zero-order valence-corrected chi connectivity index (χ0v) is 9.73. The number of thiazole rings is 1. The Morgan fingerprint density at radius 3 is 2.71 bits per heavy atom. The second-order valence-corrected chi connectivity index (χ2v) is 4.03. The molecule has 8 heteroatoms. The van der Waals surface area contributed by atoms with Crippen LogP contribution in [0, 0.1) is 0 Å². The van der Waals surface area contributed by atoms with E-state index in [0.29, 0.717) is 17.9 Å². The number of nitrogens with zero attached hydrogens (tertiary/aromatic N) is 1. The van der Waals surface area contributed by atoms with E-state index in [9.17, 15) is 18.0 Å². The number of carbonyl (C=O) groups excluding carboxylic acids is 1. The Balaban J connectivity index is 2.50. The summed E-state index contributed by atoms with van der Waals surface area (Å²) in [5.74, 6) is -0.519. The fourth-order valence-electron chi connectivity index (χ4n) is 0.912. The molecule has 1 rings (SSSR count). The maximum atomic E-state index is 12.2. The number of methoxy groups -OCH3 is 1. The van der Waals surface area contributed by atoms with Gasteiger partial charge in [-0.2, -0.15) is 13.2 Å². The van der Waals surface area contributed by atoms with Gasteiger partial charge in [-0.15, -0.1) is 11.3 Å². The molecule has 0 bridgehead atoms. The lowest BCUT2D eigenvalue weighted by Crippen LogP contribution is -2.10. The predicted molar refractivity (Wildman–Crippen MR) is 54.1 cm³/mol. The van der Waals surface area contributed by atoms with E-state index in [-0.39, 0.29) is 18.1 Å². The summed E-state index contributed by atoms with van der Waals surface area (Å²) in [6.45, 7) is 0.264. The largest absolute Gasteiger partial charge is 0.443 e. The molecule has 1 heterocycles. The Morgan fingerprint density at radius 2 is 2.18 bits per heavy atom. The van der Waals surface area contributed by atoms with E-state index >= 15 is 0 Å². The van der Waals surface area contributed by atoms with E-state index < -0.39 is 17.0 Å². The first-order valence-electron chi connectivity index (χ1n) is 4.58. The normalized spacial score (nSPS) is 11.8. The lowest BCUT2D eigenvalue weighted by Gasteiger charge is -2.01. The first-order chi connectivity index (χ1) is 7.95. The Morgan fingerprint density at radius 1 is 1.47 bits per heavy atom. The van der Waals surface area contributed by atoms with Gasteiger partial charge in [-0.05, 0) is 0 Å². The quantitative estimate of drug-likeness (QED) is 0.585. The Hall–Kier alpha value is -0.990. The molecule has 0 fully saturated rings. The Labute approximate surface area is 99.4 Å². The van der Waals surface area contributed by atoms with Crippen molar-refractivity contribution in [3.8, 4) is 0 Å². The van der Waals surface area contributed by atoms with E-state index in [4.69, 9.17) is 4.74 Å². The zero-order chi connectivity index (χ0) is 12.9. The number of ketones is 1. The summed E-state index contributed by atoms with van der Waals surface area (Å²) in [7, 11) is 1.48. The molecule has 0 saturated carbocycles. The molecule has 96 valence electrons. The lowest BCUT2D eigenvalue weighted by molar-refractivity contribution is -0.137. The van der Waals surface area contributed by atoms with Crippen LogP contribution in [0.5, 0.6) is 0 Å². The van der Waals surface area contributed by atoms with Gasteiger partial charge in [0.1, 0.15) is 6.61 Å². The molecular weight excluding hydrogens is 259 g/mol. The van der Waals surface area contributed by atoms with Gasteiger partial charge in [0.05, 0.1) is 18.1 Å². The number of rotatable bonds is 6. The molecule has 0 N–H and O–H groups in total. The van der Waals surface area contributed by atoms with Crippen molar-refractivity contribution in [1.29, 1.82) is 0 Å². The second-order valence-electron chi connectivity index (χ2n) is 3.00. The van der Waals surface area contributed by atoms with Crippen LogP contribution < -0.4 is 0 Å². The first-order valence-corrected chi connectivity index (χ1v) is 5.39. The maximum absolute atomic E-state index is 12.2. The van der Waals surface area contributed by atoms with Gasteiger partial charge >= 0.3 is 6.18 Å². The number of carbonyl (C=O) groups is 1. The van der Waals surface area contributed by atoms with Gasteiger partial charge in [-0.1, -0.05) is 0 Å². The number of halogens is 3. The van der Waals surface area contributed by atoms with Gasteiger partial charge in [0.2, 0.25) is 0 Å². The highest BCUT2D eigenvalue weighted by Crippen LogP contribution is 2.32. The molecule has 1 aromatic rings. The van der Waals surface area contributed by atoms with E-state index in [2.05, 4.69) is 9.72 Å². The lowest BCUT2D eigenvalue weighted by atomic mass is 10.4. The van der Waals surface area contributed by atoms with Crippen LogP contribution in [0.2, 0.25) is 0 Å². The fraction of sp³-hybridized carbons (Fsp3) is 0.556. The number of hydrogen-bond donors (Lipinski definition) is 0. The van der Waals surface area contributed by atoms with Crippen LogP contribution in [0.4, 0.5) is 13.2 Å². The zero-order valence-electron chi connectivity index (χ0n) is 8.91. The van der Waals surface area contributed by atoms with Gasteiger partial charge in [0, 0.05) is 13.3 Å². The number of Topliss-reactive ketones (excluding diaryl/α,β-unsaturated/α-hetero) is 1. The van der Waals surface area contributed by atoms with Crippen molar-refractivity contribution in [3.05, 3.63) is 16.1 Å². The highest BCUT2D eigenvalue weighted by molar-refractivity contribution is 7.13. The van der Waals surface area contributed by atoms with Gasteiger partial charge in [-0.3, -0.25) is 4.79 Å². The van der Waals surface area contributed by atoms with Crippen molar-refractivity contribution in [2.24, 2.45) is 0 Å². The van der Waals surface area contributed by atoms with Crippen LogP contribution in [0.25, 0.3) is 0 Å². The third kappa shape index (κ3) is 4.41. The van der Waals surface area contributed by atoms with E-state index in [0.717, 1.165) is 6.20 Å². The fourth-order valence-corrected chi connectivity index (χ4v) is 1.62. The van der Waals surface area contributed by atoms with Crippen molar-refractivity contribution in [1.82, 2.24) is 4.98 Å². The summed E-state index contributed by atoms with van der Waals surface area (Å²) in [6, 6.07) is 0. The molecule has 0 aliphatic carbocycles. The summed E-state index contributed by atoms with van der Waals surface area (Å²) >= 11 is 0.315. The van der Waals surface area contributed by atoms with Gasteiger partial charge < -0.3 is 9.47 Å². The Bertz CT molecular complexity index is 378. The highest BCUT2D eigenvalue weighted by atomic mass is 32.1. The summed E-state index contributed by atoms with van der Waals surface area (Å²) in [5.41, 5.74) is 0. The van der Waals surface area contributed by atoms with Crippen LogP contribution in [0.15, 0.2) is 6.20 Å². The number of ether oxygens (including phenoxy) is 2. The summed E-state index contributed by atoms with van der Waals surface area (Å²) < 4.78 is 46.2. The standard InChI is InChI=1S/C9H10F3NO3S/c1-15-2-3-16-5-6(14)7-4-13-8(17-7)9(10,11)12/h4H,2-3,5H2,1H3. The molecule has 0 radical (unpaired) electrons. The van der Waals surface area contributed by atoms with Gasteiger partial charge in [0.25, 0.3) is 0 Å². The van der Waals surface area contributed by atoms with Crippen LogP contribution >= 0.6 is 11.3 Å². The molecule has 17 heavy (non-hydrogen) atoms. The Kier molecular flexibility index (Phi) is 5.03. The summed E-state index contributed by atoms with van der Waals surface area (Å²) in [5, 5.41) is -1.03. The summed E-state index contributed by atoms with van der Waals surface area (Å²) in [6.07, 6.45) is -3.60. The predicted octanol–water partition coefficient (Wildman–Crippen LogP) is 2.01.